The molecule has 3 fully saturated rings. The number of hydrogen-bond acceptors (Lipinski definition) is 4. The van der Waals surface area contributed by atoms with Crippen molar-refractivity contribution in [1.82, 2.24) is 0 Å². The Kier molecular flexibility index (Phi) is 5.54. The molecular formula is C24H38O4. The molecule has 0 amide bonds. The summed E-state index contributed by atoms with van der Waals surface area (Å²) in [5, 5.41) is 0. The van der Waals surface area contributed by atoms with Gasteiger partial charge in [-0.2, -0.15) is 0 Å². The van der Waals surface area contributed by atoms with Crippen LogP contribution in [0.5, 0.6) is 0 Å². The molecule has 8 atom stereocenters. The fourth-order valence-corrected chi connectivity index (χ4v) is 7.43. The van der Waals surface area contributed by atoms with Crippen molar-refractivity contribution in [2.75, 3.05) is 13.7 Å². The van der Waals surface area contributed by atoms with Crippen LogP contribution in [0.2, 0.25) is 0 Å². The summed E-state index contributed by atoms with van der Waals surface area (Å²) in [6.07, 6.45) is 13.9. The third-order valence-corrected chi connectivity index (χ3v) is 9.03. The second-order valence-electron chi connectivity index (χ2n) is 10.2. The minimum absolute atomic E-state index is 0.0214. The van der Waals surface area contributed by atoms with E-state index in [1.807, 2.05) is 14.0 Å². The second kappa shape index (κ2) is 7.66. The zero-order valence-electron chi connectivity index (χ0n) is 18.1. The Morgan fingerprint density at radius 1 is 1.11 bits per heavy atom. The lowest BCUT2D eigenvalue weighted by atomic mass is 9.46. The molecule has 4 nitrogen and oxygen atoms in total. The number of rotatable bonds is 4. The van der Waals surface area contributed by atoms with Crippen molar-refractivity contribution in [1.29, 1.82) is 0 Å². The Bertz CT molecular complexity index is 616. The van der Waals surface area contributed by atoms with Crippen molar-refractivity contribution in [2.24, 2.45) is 34.5 Å². The average molecular weight is 391 g/mol. The van der Waals surface area contributed by atoms with E-state index in [9.17, 15) is 4.79 Å². The Morgan fingerprint density at radius 2 is 1.93 bits per heavy atom. The third-order valence-electron chi connectivity index (χ3n) is 9.03. The molecule has 0 aromatic heterocycles. The van der Waals surface area contributed by atoms with E-state index in [0.29, 0.717) is 24.0 Å². The SMILES string of the molecule is CCCOC(=O)O[C@H]1CC[C@H]2[C@@H]3CC[C@H]4C[C@@H](OC)C=C[C@]4(C)[C@H]3CC[C@]12C. The fraction of sp³-hybridized carbons (Fsp3) is 0.875. The summed E-state index contributed by atoms with van der Waals surface area (Å²) >= 11 is 0. The van der Waals surface area contributed by atoms with Gasteiger partial charge in [-0.05, 0) is 80.5 Å². The monoisotopic (exact) mass is 390 g/mol. The molecule has 158 valence electrons. The summed E-state index contributed by atoms with van der Waals surface area (Å²) in [6.45, 7) is 7.34. The van der Waals surface area contributed by atoms with Crippen molar-refractivity contribution in [3.05, 3.63) is 12.2 Å². The van der Waals surface area contributed by atoms with Gasteiger partial charge in [0.1, 0.15) is 6.10 Å². The number of methoxy groups -OCH3 is 1. The predicted molar refractivity (Wildman–Crippen MR) is 109 cm³/mol. The van der Waals surface area contributed by atoms with Crippen molar-refractivity contribution >= 4 is 6.16 Å². The molecule has 0 radical (unpaired) electrons. The van der Waals surface area contributed by atoms with E-state index in [1.54, 1.807) is 0 Å². The first-order valence-corrected chi connectivity index (χ1v) is 11.5. The molecule has 0 aliphatic heterocycles. The minimum Gasteiger partial charge on any atom is -0.434 e. The molecule has 3 saturated carbocycles. The van der Waals surface area contributed by atoms with Crippen molar-refractivity contribution < 1.29 is 19.0 Å². The standard InChI is InChI=1S/C24H38O4/c1-5-14-27-22(25)28-21-9-8-19-18-7-6-16-15-17(26-4)10-12-23(16,2)20(18)11-13-24(19,21)3/h10,12,16-21H,5-9,11,13-15H2,1-4H3/t16-,17-,18-,19-,20-,21-,23-,24-/m0/s1. The number of ether oxygens (including phenoxy) is 3. The smallest absolute Gasteiger partial charge is 0.434 e. The van der Waals surface area contributed by atoms with Crippen LogP contribution in [0.15, 0.2) is 12.2 Å². The van der Waals surface area contributed by atoms with Gasteiger partial charge in [-0.15, -0.1) is 0 Å². The number of allylic oxidation sites excluding steroid dienone is 1. The molecule has 4 rings (SSSR count). The third kappa shape index (κ3) is 3.20. The molecule has 4 aliphatic rings. The highest BCUT2D eigenvalue weighted by Gasteiger charge is 2.60. The maximum absolute atomic E-state index is 12.1. The van der Waals surface area contributed by atoms with Gasteiger partial charge >= 0.3 is 6.16 Å². The Labute approximate surface area is 170 Å². The Hall–Kier alpha value is -1.03. The normalized spacial score (nSPS) is 47.0. The Balaban J connectivity index is 1.50. The lowest BCUT2D eigenvalue weighted by molar-refractivity contribution is -0.108. The highest BCUT2D eigenvalue weighted by atomic mass is 16.7. The van der Waals surface area contributed by atoms with Crippen LogP contribution in [0, 0.1) is 34.5 Å². The van der Waals surface area contributed by atoms with Crippen LogP contribution >= 0.6 is 0 Å². The maximum Gasteiger partial charge on any atom is 0.508 e. The molecule has 0 saturated heterocycles. The molecule has 0 aromatic rings. The van der Waals surface area contributed by atoms with Crippen molar-refractivity contribution in [2.45, 2.75) is 84.3 Å². The predicted octanol–water partition coefficient (Wildman–Crippen LogP) is 5.75. The van der Waals surface area contributed by atoms with Crippen molar-refractivity contribution in [3.8, 4) is 0 Å². The number of hydrogen-bond donors (Lipinski definition) is 0. The second-order valence-corrected chi connectivity index (χ2v) is 10.2. The minimum atomic E-state index is -0.465. The molecule has 4 aliphatic carbocycles. The Morgan fingerprint density at radius 3 is 2.68 bits per heavy atom. The molecule has 0 heterocycles. The number of carbonyl (C=O) groups excluding carboxylic acids is 1. The van der Waals surface area contributed by atoms with Crippen LogP contribution in [0.3, 0.4) is 0 Å². The molecule has 0 aromatic carbocycles. The summed E-state index contributed by atoms with van der Waals surface area (Å²) in [4.78, 5) is 12.1. The summed E-state index contributed by atoms with van der Waals surface area (Å²) < 4.78 is 16.7. The first-order valence-electron chi connectivity index (χ1n) is 11.5. The van der Waals surface area contributed by atoms with Gasteiger partial charge in [-0.3, -0.25) is 0 Å². The lowest BCUT2D eigenvalue weighted by Gasteiger charge is -2.59. The van der Waals surface area contributed by atoms with Crippen LogP contribution in [-0.4, -0.2) is 32.1 Å². The van der Waals surface area contributed by atoms with Crippen LogP contribution < -0.4 is 0 Å². The average Bonchev–Trinajstić information content (AvgIpc) is 3.02. The van der Waals surface area contributed by atoms with E-state index >= 15 is 0 Å². The van der Waals surface area contributed by atoms with E-state index in [2.05, 4.69) is 26.0 Å². The highest BCUT2D eigenvalue weighted by Crippen LogP contribution is 2.65. The van der Waals surface area contributed by atoms with E-state index in [-0.39, 0.29) is 11.5 Å². The van der Waals surface area contributed by atoms with Gasteiger partial charge in [0.15, 0.2) is 0 Å². The van der Waals surface area contributed by atoms with Crippen LogP contribution in [0.4, 0.5) is 4.79 Å². The van der Waals surface area contributed by atoms with Gasteiger partial charge in [0.05, 0.1) is 12.7 Å². The van der Waals surface area contributed by atoms with Gasteiger partial charge in [-0.25, -0.2) is 4.79 Å². The zero-order valence-corrected chi connectivity index (χ0v) is 18.1. The molecular weight excluding hydrogens is 352 g/mol. The van der Waals surface area contributed by atoms with E-state index in [0.717, 1.165) is 37.0 Å². The summed E-state index contributed by atoms with van der Waals surface area (Å²) in [6, 6.07) is 0. The summed E-state index contributed by atoms with van der Waals surface area (Å²) in [7, 11) is 1.83. The van der Waals surface area contributed by atoms with Gasteiger partial charge in [0.2, 0.25) is 0 Å². The van der Waals surface area contributed by atoms with Gasteiger partial charge in [-0.1, -0.05) is 32.9 Å². The first-order chi connectivity index (χ1) is 13.4. The molecule has 4 heteroatoms. The summed E-state index contributed by atoms with van der Waals surface area (Å²) in [5.41, 5.74) is 0.418. The largest absolute Gasteiger partial charge is 0.508 e. The van der Waals surface area contributed by atoms with E-state index in [1.165, 1.54) is 32.1 Å². The molecule has 0 N–H and O–H groups in total. The van der Waals surface area contributed by atoms with Crippen LogP contribution in [0.1, 0.15) is 72.1 Å². The number of fused-ring (bicyclic) bond motifs is 5. The fourth-order valence-electron chi connectivity index (χ4n) is 7.43. The van der Waals surface area contributed by atoms with Gasteiger partial charge in [0.25, 0.3) is 0 Å². The van der Waals surface area contributed by atoms with Gasteiger partial charge in [0, 0.05) is 12.5 Å². The molecule has 0 unspecified atom stereocenters. The summed E-state index contributed by atoms with van der Waals surface area (Å²) in [5.74, 6) is 2.92. The van der Waals surface area contributed by atoms with Crippen LogP contribution in [0.25, 0.3) is 0 Å². The molecule has 0 bridgehead atoms. The van der Waals surface area contributed by atoms with E-state index < -0.39 is 6.16 Å². The highest BCUT2D eigenvalue weighted by molar-refractivity contribution is 5.60. The molecule has 28 heavy (non-hydrogen) atoms. The van der Waals surface area contributed by atoms with E-state index in [4.69, 9.17) is 14.2 Å². The van der Waals surface area contributed by atoms with Crippen molar-refractivity contribution in [3.63, 3.8) is 0 Å². The quantitative estimate of drug-likeness (QED) is 0.453. The maximum atomic E-state index is 12.1. The first kappa shape index (κ1) is 20.3. The van der Waals surface area contributed by atoms with Crippen LogP contribution in [-0.2, 0) is 14.2 Å². The molecule has 0 spiro atoms. The lowest BCUT2D eigenvalue weighted by Crippen LogP contribution is -2.53. The zero-order chi connectivity index (χ0) is 19.9. The number of carbonyl (C=O) groups is 1. The van der Waals surface area contributed by atoms with Gasteiger partial charge < -0.3 is 14.2 Å². The topological polar surface area (TPSA) is 44.8 Å².